The molecule has 1 aromatic heterocycles. The number of aryl methyl sites for hydroxylation is 1. The van der Waals surface area contributed by atoms with Crippen molar-refractivity contribution in [3.8, 4) is 11.5 Å². The summed E-state index contributed by atoms with van der Waals surface area (Å²) in [5.74, 6) is 0.944. The number of hydrogen-bond acceptors (Lipinski definition) is 3. The number of oxazole rings is 1. The Morgan fingerprint density at radius 3 is 2.65 bits per heavy atom. The molecule has 0 unspecified atom stereocenters. The van der Waals surface area contributed by atoms with Crippen molar-refractivity contribution in [1.82, 2.24) is 10.3 Å². The monoisotopic (exact) mass is 270 g/mol. The van der Waals surface area contributed by atoms with E-state index in [1.807, 2.05) is 30.3 Å². The number of amides is 1. The van der Waals surface area contributed by atoms with Crippen molar-refractivity contribution < 1.29 is 9.21 Å². The van der Waals surface area contributed by atoms with Crippen LogP contribution in [0.3, 0.4) is 0 Å². The molecule has 1 heterocycles. The molecule has 1 aromatic carbocycles. The fourth-order valence-electron chi connectivity index (χ4n) is 2.64. The van der Waals surface area contributed by atoms with Crippen LogP contribution in [0.1, 0.15) is 41.9 Å². The Bertz CT molecular complexity index is 598. The van der Waals surface area contributed by atoms with E-state index in [0.29, 0.717) is 23.4 Å². The average molecular weight is 270 g/mol. The van der Waals surface area contributed by atoms with Crippen LogP contribution in [0.15, 0.2) is 34.7 Å². The van der Waals surface area contributed by atoms with Gasteiger partial charge < -0.3 is 9.73 Å². The molecule has 1 amide bonds. The molecule has 3 rings (SSSR count). The highest BCUT2D eigenvalue weighted by Crippen LogP contribution is 2.22. The summed E-state index contributed by atoms with van der Waals surface area (Å²) in [6, 6.07) is 9.92. The number of aromatic nitrogens is 1. The Labute approximate surface area is 118 Å². The summed E-state index contributed by atoms with van der Waals surface area (Å²) in [6.45, 7) is 1.78. The topological polar surface area (TPSA) is 55.1 Å². The van der Waals surface area contributed by atoms with Gasteiger partial charge in [-0.15, -0.1) is 0 Å². The number of hydrogen-bond donors (Lipinski definition) is 1. The van der Waals surface area contributed by atoms with Crippen LogP contribution in [0.2, 0.25) is 0 Å². The Hall–Kier alpha value is -2.10. The lowest BCUT2D eigenvalue weighted by molar-refractivity contribution is 0.0932. The molecule has 4 nitrogen and oxygen atoms in total. The van der Waals surface area contributed by atoms with Gasteiger partial charge in [-0.1, -0.05) is 31.0 Å². The third-order valence-corrected chi connectivity index (χ3v) is 3.72. The molecule has 104 valence electrons. The molecule has 0 atom stereocenters. The summed E-state index contributed by atoms with van der Waals surface area (Å²) in [5.41, 5.74) is 1.28. The number of nitrogens with zero attached hydrogens (tertiary/aromatic N) is 1. The minimum absolute atomic E-state index is 0.125. The Balaban J connectivity index is 1.80. The second-order valence-electron chi connectivity index (χ2n) is 5.24. The van der Waals surface area contributed by atoms with Gasteiger partial charge in [0.05, 0.1) is 0 Å². The van der Waals surface area contributed by atoms with Crippen LogP contribution in [0.4, 0.5) is 0 Å². The number of carbonyl (C=O) groups is 1. The molecule has 1 saturated carbocycles. The Kier molecular flexibility index (Phi) is 3.54. The van der Waals surface area contributed by atoms with E-state index >= 15 is 0 Å². The molecule has 0 radical (unpaired) electrons. The zero-order chi connectivity index (χ0) is 13.9. The predicted octanol–water partition coefficient (Wildman–Crippen LogP) is 3.32. The summed E-state index contributed by atoms with van der Waals surface area (Å²) in [7, 11) is 0. The first-order valence-corrected chi connectivity index (χ1v) is 7.08. The standard InChI is InChI=1S/C16H18N2O2/c1-11-14(15(19)17-13-9-5-6-10-13)18-16(20-11)12-7-3-2-4-8-12/h2-4,7-8,13H,5-6,9-10H2,1H3,(H,17,19). The zero-order valence-corrected chi connectivity index (χ0v) is 11.6. The maximum absolute atomic E-state index is 12.2. The third kappa shape index (κ3) is 2.59. The smallest absolute Gasteiger partial charge is 0.273 e. The first-order chi connectivity index (χ1) is 9.74. The third-order valence-electron chi connectivity index (χ3n) is 3.72. The maximum atomic E-state index is 12.2. The SMILES string of the molecule is Cc1oc(-c2ccccc2)nc1C(=O)NC1CCCC1. The highest BCUT2D eigenvalue weighted by Gasteiger charge is 2.22. The largest absolute Gasteiger partial charge is 0.441 e. The fourth-order valence-corrected chi connectivity index (χ4v) is 2.64. The first-order valence-electron chi connectivity index (χ1n) is 7.08. The van der Waals surface area contributed by atoms with Crippen LogP contribution in [0, 0.1) is 6.92 Å². The maximum Gasteiger partial charge on any atom is 0.273 e. The minimum atomic E-state index is -0.125. The molecule has 1 N–H and O–H groups in total. The van der Waals surface area contributed by atoms with E-state index in [-0.39, 0.29) is 5.91 Å². The van der Waals surface area contributed by atoms with Crippen molar-refractivity contribution in [3.05, 3.63) is 41.8 Å². The summed E-state index contributed by atoms with van der Waals surface area (Å²) in [4.78, 5) is 16.6. The van der Waals surface area contributed by atoms with Gasteiger partial charge in [0.25, 0.3) is 5.91 Å². The van der Waals surface area contributed by atoms with Gasteiger partial charge in [-0.3, -0.25) is 4.79 Å². The summed E-state index contributed by atoms with van der Waals surface area (Å²) in [6.07, 6.45) is 4.51. The van der Waals surface area contributed by atoms with Crippen molar-refractivity contribution in [2.24, 2.45) is 0 Å². The van der Waals surface area contributed by atoms with Gasteiger partial charge in [0.15, 0.2) is 5.69 Å². The highest BCUT2D eigenvalue weighted by molar-refractivity contribution is 5.93. The molecule has 0 aliphatic heterocycles. The zero-order valence-electron chi connectivity index (χ0n) is 11.6. The van der Waals surface area contributed by atoms with E-state index in [0.717, 1.165) is 18.4 Å². The lowest BCUT2D eigenvalue weighted by Crippen LogP contribution is -2.33. The molecule has 0 bridgehead atoms. The first kappa shape index (κ1) is 12.9. The van der Waals surface area contributed by atoms with Gasteiger partial charge in [-0.05, 0) is 31.9 Å². The van der Waals surface area contributed by atoms with Crippen molar-refractivity contribution in [1.29, 1.82) is 0 Å². The van der Waals surface area contributed by atoms with Crippen LogP contribution in [0.25, 0.3) is 11.5 Å². The van der Waals surface area contributed by atoms with Gasteiger partial charge in [0.2, 0.25) is 5.89 Å². The highest BCUT2D eigenvalue weighted by atomic mass is 16.4. The van der Waals surface area contributed by atoms with E-state index in [9.17, 15) is 4.79 Å². The molecule has 0 spiro atoms. The quantitative estimate of drug-likeness (QED) is 0.930. The summed E-state index contributed by atoms with van der Waals surface area (Å²) < 4.78 is 5.61. The average Bonchev–Trinajstić information content (AvgIpc) is 3.09. The molecule has 4 heteroatoms. The van der Waals surface area contributed by atoms with Crippen molar-refractivity contribution in [2.45, 2.75) is 38.6 Å². The van der Waals surface area contributed by atoms with E-state index in [1.165, 1.54) is 12.8 Å². The molecular formula is C16H18N2O2. The van der Waals surface area contributed by atoms with Gasteiger partial charge in [-0.2, -0.15) is 0 Å². The van der Waals surface area contributed by atoms with Gasteiger partial charge >= 0.3 is 0 Å². The molecule has 0 saturated heterocycles. The molecule has 1 aliphatic carbocycles. The molecular weight excluding hydrogens is 252 g/mol. The number of rotatable bonds is 3. The normalized spacial score (nSPS) is 15.4. The van der Waals surface area contributed by atoms with Crippen LogP contribution < -0.4 is 5.32 Å². The minimum Gasteiger partial charge on any atom is -0.441 e. The predicted molar refractivity (Wildman–Crippen MR) is 76.4 cm³/mol. The fraction of sp³-hybridized carbons (Fsp3) is 0.375. The number of benzene rings is 1. The molecule has 20 heavy (non-hydrogen) atoms. The molecule has 1 aliphatic rings. The molecule has 1 fully saturated rings. The second-order valence-corrected chi connectivity index (χ2v) is 5.24. The van der Waals surface area contributed by atoms with E-state index < -0.39 is 0 Å². The lowest BCUT2D eigenvalue weighted by atomic mass is 10.2. The second kappa shape index (κ2) is 5.49. The Morgan fingerprint density at radius 1 is 1.25 bits per heavy atom. The van der Waals surface area contributed by atoms with Crippen molar-refractivity contribution >= 4 is 5.91 Å². The summed E-state index contributed by atoms with van der Waals surface area (Å²) >= 11 is 0. The molecule has 2 aromatic rings. The number of nitrogens with one attached hydrogen (secondary N) is 1. The van der Waals surface area contributed by atoms with E-state index in [4.69, 9.17) is 4.42 Å². The van der Waals surface area contributed by atoms with Crippen LogP contribution in [-0.2, 0) is 0 Å². The summed E-state index contributed by atoms with van der Waals surface area (Å²) in [5, 5.41) is 3.04. The van der Waals surface area contributed by atoms with Crippen molar-refractivity contribution in [2.75, 3.05) is 0 Å². The van der Waals surface area contributed by atoms with Gasteiger partial charge in [0, 0.05) is 11.6 Å². The van der Waals surface area contributed by atoms with Crippen LogP contribution in [-0.4, -0.2) is 16.9 Å². The van der Waals surface area contributed by atoms with Gasteiger partial charge in [-0.25, -0.2) is 4.98 Å². The Morgan fingerprint density at radius 2 is 1.95 bits per heavy atom. The van der Waals surface area contributed by atoms with Crippen LogP contribution in [0.5, 0.6) is 0 Å². The number of carbonyl (C=O) groups excluding carboxylic acids is 1. The van der Waals surface area contributed by atoms with E-state index in [2.05, 4.69) is 10.3 Å². The van der Waals surface area contributed by atoms with Crippen molar-refractivity contribution in [3.63, 3.8) is 0 Å². The van der Waals surface area contributed by atoms with E-state index in [1.54, 1.807) is 6.92 Å². The lowest BCUT2D eigenvalue weighted by Gasteiger charge is -2.10. The van der Waals surface area contributed by atoms with Gasteiger partial charge in [0.1, 0.15) is 5.76 Å². The van der Waals surface area contributed by atoms with Crippen LogP contribution >= 0.6 is 0 Å².